The van der Waals surface area contributed by atoms with Gasteiger partial charge < -0.3 is 29.7 Å². The Hall–Kier alpha value is -4.08. The van der Waals surface area contributed by atoms with Crippen molar-refractivity contribution < 1.29 is 24.2 Å². The third-order valence-electron chi connectivity index (χ3n) is 9.05. The molecule has 3 heterocycles. The van der Waals surface area contributed by atoms with Gasteiger partial charge in [-0.1, -0.05) is 6.07 Å². The number of nitrogens with one attached hydrogen (secondary N) is 1. The highest BCUT2D eigenvalue weighted by Gasteiger charge is 2.50. The number of rotatable bonds is 9. The van der Waals surface area contributed by atoms with E-state index in [4.69, 9.17) is 19.5 Å². The number of hydrogen-bond acceptors (Lipinski definition) is 7. The summed E-state index contributed by atoms with van der Waals surface area (Å²) in [5, 5.41) is 12.0. The van der Waals surface area contributed by atoms with E-state index in [9.17, 15) is 14.7 Å². The molecule has 2 aliphatic carbocycles. The summed E-state index contributed by atoms with van der Waals surface area (Å²) in [5.41, 5.74) is 2.15. The number of hydrogen-bond donors (Lipinski definition) is 2. The summed E-state index contributed by atoms with van der Waals surface area (Å²) in [4.78, 5) is 39.2. The number of carboxylic acid groups (broad SMARTS) is 1. The van der Waals surface area contributed by atoms with Gasteiger partial charge >= 0.3 is 6.09 Å². The molecule has 3 fully saturated rings. The number of piperidine rings is 1. The Labute approximate surface area is 246 Å². The summed E-state index contributed by atoms with van der Waals surface area (Å²) in [6.45, 7) is 5.14. The quantitative estimate of drug-likeness (QED) is 0.443. The number of aromatic nitrogens is 1. The van der Waals surface area contributed by atoms with E-state index in [0.717, 1.165) is 24.1 Å². The third-order valence-corrected chi connectivity index (χ3v) is 9.05. The Morgan fingerprint density at radius 1 is 1.14 bits per heavy atom. The minimum Gasteiger partial charge on any atom is -0.497 e. The van der Waals surface area contributed by atoms with Gasteiger partial charge in [-0.2, -0.15) is 0 Å². The molecule has 10 nitrogen and oxygen atoms in total. The van der Waals surface area contributed by atoms with Gasteiger partial charge in [-0.15, -0.1) is 0 Å². The topological polar surface area (TPSA) is 117 Å². The Morgan fingerprint density at radius 2 is 1.95 bits per heavy atom. The maximum Gasteiger partial charge on any atom is 0.405 e. The summed E-state index contributed by atoms with van der Waals surface area (Å²) < 4.78 is 11.5. The van der Waals surface area contributed by atoms with Crippen molar-refractivity contribution in [3.05, 3.63) is 53.9 Å². The molecule has 2 aliphatic heterocycles. The molecule has 2 saturated carbocycles. The van der Waals surface area contributed by atoms with E-state index >= 15 is 0 Å². The molecule has 1 aromatic heterocycles. The Bertz CT molecular complexity index is 1450. The minimum absolute atomic E-state index is 0.0544. The zero-order chi connectivity index (χ0) is 29.6. The molecule has 222 valence electrons. The molecule has 4 aliphatic rings. The maximum absolute atomic E-state index is 14.3. The van der Waals surface area contributed by atoms with E-state index in [-0.39, 0.29) is 17.9 Å². The average molecular weight is 574 g/mol. The third kappa shape index (κ3) is 5.54. The molecule has 2 bridgehead atoms. The first-order chi connectivity index (χ1) is 20.1. The molecule has 6 rings (SSSR count). The van der Waals surface area contributed by atoms with Crippen LogP contribution in [0.25, 0.3) is 5.57 Å². The van der Waals surface area contributed by atoms with E-state index in [1.54, 1.807) is 13.3 Å². The molecule has 42 heavy (non-hydrogen) atoms. The first-order valence-corrected chi connectivity index (χ1v) is 14.8. The normalized spacial score (nSPS) is 23.1. The van der Waals surface area contributed by atoms with Crippen molar-refractivity contribution in [1.82, 2.24) is 15.2 Å². The molecule has 10 heteroatoms. The van der Waals surface area contributed by atoms with Crippen molar-refractivity contribution in [3.63, 3.8) is 0 Å². The van der Waals surface area contributed by atoms with Gasteiger partial charge in [0.1, 0.15) is 11.4 Å². The average Bonchev–Trinajstić information content (AvgIpc) is 3.68. The van der Waals surface area contributed by atoms with Crippen LogP contribution in [0, 0.1) is 17.8 Å². The first-order valence-electron chi connectivity index (χ1n) is 14.8. The second-order valence-electron chi connectivity index (χ2n) is 12.6. The second-order valence-corrected chi connectivity index (χ2v) is 12.6. The lowest BCUT2D eigenvalue weighted by molar-refractivity contribution is -0.126. The monoisotopic (exact) mass is 573 g/mol. The number of pyridine rings is 1. The maximum atomic E-state index is 14.3. The van der Waals surface area contributed by atoms with Gasteiger partial charge in [-0.3, -0.25) is 4.79 Å². The first kappa shape index (κ1) is 28.1. The smallest absolute Gasteiger partial charge is 0.405 e. The number of likely N-dealkylation sites (tertiary alicyclic amines) is 1. The van der Waals surface area contributed by atoms with E-state index in [2.05, 4.69) is 5.32 Å². The van der Waals surface area contributed by atoms with Gasteiger partial charge in [-0.25, -0.2) is 14.8 Å². The minimum atomic E-state index is -1.03. The number of aliphatic imine (C=N–C) groups is 1. The van der Waals surface area contributed by atoms with Crippen LogP contribution in [0.5, 0.6) is 11.6 Å². The molecular weight excluding hydrogens is 534 g/mol. The van der Waals surface area contributed by atoms with Crippen molar-refractivity contribution in [2.45, 2.75) is 57.5 Å². The molecule has 1 saturated heterocycles. The summed E-state index contributed by atoms with van der Waals surface area (Å²) in [6, 6.07) is 11.5. The zero-order valence-electron chi connectivity index (χ0n) is 24.7. The van der Waals surface area contributed by atoms with Crippen LogP contribution in [-0.2, 0) is 4.79 Å². The van der Waals surface area contributed by atoms with Crippen LogP contribution in [0.15, 0.2) is 47.6 Å². The fraction of sp³-hybridized carbons (Fsp3) is 0.500. The number of amides is 2. The number of carbonyl (C=O) groups excluding carboxylic acids is 1. The molecular formula is C32H39N5O5. The van der Waals surface area contributed by atoms with Crippen LogP contribution in [0.1, 0.15) is 57.2 Å². The highest BCUT2D eigenvalue weighted by molar-refractivity contribution is 6.24. The standard InChI is InChI=1S/C32H39N5O5/c1-32(2,35-31(39)40)15-23-20-10-12-27(23)37(17-20)30(38)24-16-33-29(36(3)26-13-11-21(41-4)14-22(24)26)25-6-5-7-28(34-25)42-18-19-8-9-19/h5-7,11,13-14,16,19-20,23,27,35H,8-10,12,15,17-18H2,1-4H3,(H,39,40)/t20-,23+,27+/m0/s1. The fourth-order valence-electron chi connectivity index (χ4n) is 6.81. The lowest BCUT2D eigenvalue weighted by Gasteiger charge is -2.32. The Kier molecular flexibility index (Phi) is 7.32. The van der Waals surface area contributed by atoms with Gasteiger partial charge in [0.2, 0.25) is 5.88 Å². The van der Waals surface area contributed by atoms with Gasteiger partial charge in [0.15, 0.2) is 5.84 Å². The van der Waals surface area contributed by atoms with Crippen molar-refractivity contribution in [2.75, 3.05) is 32.2 Å². The number of anilines is 1. The fourth-order valence-corrected chi connectivity index (χ4v) is 6.81. The number of carbonyl (C=O) groups is 2. The second kappa shape index (κ2) is 11.0. The van der Waals surface area contributed by atoms with Crippen molar-refractivity contribution in [3.8, 4) is 11.6 Å². The van der Waals surface area contributed by atoms with Gasteiger partial charge in [0, 0.05) is 43.0 Å². The summed E-state index contributed by atoms with van der Waals surface area (Å²) in [5.74, 6) is 2.95. The Balaban J connectivity index is 1.32. The number of nitrogens with zero attached hydrogens (tertiary/aromatic N) is 4. The summed E-state index contributed by atoms with van der Waals surface area (Å²) >= 11 is 0. The van der Waals surface area contributed by atoms with E-state index in [0.29, 0.717) is 60.1 Å². The van der Waals surface area contributed by atoms with Crippen LogP contribution >= 0.6 is 0 Å². The Morgan fingerprint density at radius 3 is 2.69 bits per heavy atom. The lowest BCUT2D eigenvalue weighted by atomic mass is 9.85. The zero-order valence-corrected chi connectivity index (χ0v) is 24.7. The van der Waals surface area contributed by atoms with Crippen LogP contribution in [0.4, 0.5) is 10.5 Å². The van der Waals surface area contributed by atoms with E-state index in [1.165, 1.54) is 12.8 Å². The number of benzene rings is 1. The van der Waals surface area contributed by atoms with Crippen molar-refractivity contribution >= 4 is 29.1 Å². The predicted octanol–water partition coefficient (Wildman–Crippen LogP) is 4.79. The highest BCUT2D eigenvalue weighted by atomic mass is 16.5. The molecule has 0 unspecified atom stereocenters. The molecule has 2 N–H and O–H groups in total. The van der Waals surface area contributed by atoms with Crippen molar-refractivity contribution in [2.24, 2.45) is 22.7 Å². The van der Waals surface area contributed by atoms with Crippen LogP contribution in [-0.4, -0.2) is 71.7 Å². The van der Waals surface area contributed by atoms with Crippen LogP contribution < -0.4 is 19.7 Å². The largest absolute Gasteiger partial charge is 0.497 e. The van der Waals surface area contributed by atoms with Crippen molar-refractivity contribution in [1.29, 1.82) is 0 Å². The predicted molar refractivity (Wildman–Crippen MR) is 160 cm³/mol. The van der Waals surface area contributed by atoms with E-state index in [1.807, 2.05) is 67.1 Å². The van der Waals surface area contributed by atoms with Crippen LogP contribution in [0.3, 0.4) is 0 Å². The molecule has 2 aromatic rings. The van der Waals surface area contributed by atoms with Gasteiger partial charge in [0.25, 0.3) is 5.91 Å². The molecule has 3 atom stereocenters. The SMILES string of the molecule is COc1ccc2c(c1)C(C(=O)N1C[C@@H]3CC[C@@H]1[C@@H]3CC(C)(C)NC(=O)O)=CN=C(c1cccc(OCC3CC3)n1)N2C. The molecule has 2 amide bonds. The number of amidine groups is 1. The lowest BCUT2D eigenvalue weighted by Crippen LogP contribution is -2.46. The summed E-state index contributed by atoms with van der Waals surface area (Å²) in [7, 11) is 3.54. The number of methoxy groups -OCH3 is 1. The highest BCUT2D eigenvalue weighted by Crippen LogP contribution is 2.47. The van der Waals surface area contributed by atoms with Gasteiger partial charge in [0.05, 0.1) is 25.0 Å². The number of ether oxygens (including phenoxy) is 2. The van der Waals surface area contributed by atoms with E-state index < -0.39 is 11.6 Å². The number of fused-ring (bicyclic) bond motifs is 3. The summed E-state index contributed by atoms with van der Waals surface area (Å²) in [6.07, 6.45) is 5.67. The van der Waals surface area contributed by atoms with Crippen LogP contribution in [0.2, 0.25) is 0 Å². The molecule has 0 radical (unpaired) electrons. The molecule has 0 spiro atoms. The molecule has 1 aromatic carbocycles. The van der Waals surface area contributed by atoms with Gasteiger partial charge in [-0.05, 0) is 88.0 Å².